The lowest BCUT2D eigenvalue weighted by Crippen LogP contribution is -2.15. The average molecular weight is 358 g/mol. The minimum atomic E-state index is 0.562. The molecule has 0 saturated heterocycles. The fourth-order valence-electron chi connectivity index (χ4n) is 3.23. The first-order valence-electron chi connectivity index (χ1n) is 8.84. The van der Waals surface area contributed by atoms with Gasteiger partial charge in [-0.2, -0.15) is 0 Å². The molecular weight excluding hydrogens is 340 g/mol. The SMILES string of the molecule is Cc1ccc2nc(-c3cccnc3)c(Nc3ccc4c(c3)OCCO4)n2c1. The Kier molecular flexibility index (Phi) is 3.67. The molecule has 0 atom stereocenters. The Labute approximate surface area is 156 Å². The highest BCUT2D eigenvalue weighted by atomic mass is 16.6. The lowest BCUT2D eigenvalue weighted by molar-refractivity contribution is 0.171. The summed E-state index contributed by atoms with van der Waals surface area (Å²) >= 11 is 0. The normalized spacial score (nSPS) is 12.9. The van der Waals surface area contributed by atoms with Gasteiger partial charge in [0.25, 0.3) is 0 Å². The van der Waals surface area contributed by atoms with Gasteiger partial charge in [0.05, 0.1) is 0 Å². The maximum absolute atomic E-state index is 5.71. The van der Waals surface area contributed by atoms with Crippen LogP contribution in [0.15, 0.2) is 61.1 Å². The molecular formula is C21H18N4O2. The highest BCUT2D eigenvalue weighted by Gasteiger charge is 2.17. The van der Waals surface area contributed by atoms with Crippen molar-refractivity contribution in [2.75, 3.05) is 18.5 Å². The average Bonchev–Trinajstić information content (AvgIpc) is 3.06. The number of rotatable bonds is 3. The molecule has 1 N–H and O–H groups in total. The van der Waals surface area contributed by atoms with Gasteiger partial charge in [-0.3, -0.25) is 9.38 Å². The summed E-state index contributed by atoms with van der Waals surface area (Å²) in [4.78, 5) is 9.05. The van der Waals surface area contributed by atoms with Crippen LogP contribution in [-0.4, -0.2) is 27.6 Å². The highest BCUT2D eigenvalue weighted by Crippen LogP contribution is 2.36. The number of imidazole rings is 1. The Morgan fingerprint density at radius 2 is 1.93 bits per heavy atom. The highest BCUT2D eigenvalue weighted by molar-refractivity contribution is 5.79. The van der Waals surface area contributed by atoms with E-state index in [9.17, 15) is 0 Å². The van der Waals surface area contributed by atoms with Crippen molar-refractivity contribution in [3.8, 4) is 22.8 Å². The van der Waals surface area contributed by atoms with Crippen LogP contribution in [0.25, 0.3) is 16.9 Å². The van der Waals surface area contributed by atoms with Crippen LogP contribution in [-0.2, 0) is 0 Å². The molecule has 134 valence electrons. The third-order valence-corrected chi connectivity index (χ3v) is 4.51. The Morgan fingerprint density at radius 3 is 2.78 bits per heavy atom. The monoisotopic (exact) mass is 358 g/mol. The summed E-state index contributed by atoms with van der Waals surface area (Å²) in [6.07, 6.45) is 5.66. The van der Waals surface area contributed by atoms with Gasteiger partial charge < -0.3 is 14.8 Å². The fraction of sp³-hybridized carbons (Fsp3) is 0.143. The smallest absolute Gasteiger partial charge is 0.163 e. The van der Waals surface area contributed by atoms with Crippen LogP contribution in [0.4, 0.5) is 11.5 Å². The van der Waals surface area contributed by atoms with Crippen molar-refractivity contribution in [1.29, 1.82) is 0 Å². The number of pyridine rings is 2. The van der Waals surface area contributed by atoms with Gasteiger partial charge in [0.1, 0.15) is 30.4 Å². The van der Waals surface area contributed by atoms with Crippen LogP contribution in [0.3, 0.4) is 0 Å². The first-order valence-corrected chi connectivity index (χ1v) is 8.84. The zero-order valence-electron chi connectivity index (χ0n) is 14.8. The van der Waals surface area contributed by atoms with Gasteiger partial charge in [-0.25, -0.2) is 4.98 Å². The van der Waals surface area contributed by atoms with Crippen LogP contribution < -0.4 is 14.8 Å². The van der Waals surface area contributed by atoms with Crippen molar-refractivity contribution in [2.45, 2.75) is 6.92 Å². The number of fused-ring (bicyclic) bond motifs is 2. The number of nitrogens with zero attached hydrogens (tertiary/aromatic N) is 3. The number of anilines is 2. The Hall–Kier alpha value is -3.54. The molecule has 0 amide bonds. The van der Waals surface area contributed by atoms with E-state index in [1.54, 1.807) is 6.20 Å². The fourth-order valence-corrected chi connectivity index (χ4v) is 3.23. The van der Waals surface area contributed by atoms with Crippen molar-refractivity contribution in [2.24, 2.45) is 0 Å². The van der Waals surface area contributed by atoms with Gasteiger partial charge in [0.2, 0.25) is 0 Å². The zero-order valence-corrected chi connectivity index (χ0v) is 14.8. The summed E-state index contributed by atoms with van der Waals surface area (Å²) in [5.41, 5.74) is 4.75. The number of aromatic nitrogens is 3. The molecule has 6 heteroatoms. The van der Waals surface area contributed by atoms with E-state index in [2.05, 4.69) is 33.9 Å². The molecule has 0 aliphatic carbocycles. The molecule has 0 bridgehead atoms. The number of nitrogens with one attached hydrogen (secondary N) is 1. The second kappa shape index (κ2) is 6.32. The number of hydrogen-bond acceptors (Lipinski definition) is 5. The summed E-state index contributed by atoms with van der Waals surface area (Å²) in [7, 11) is 0. The molecule has 5 rings (SSSR count). The second-order valence-electron chi connectivity index (χ2n) is 6.47. The second-order valence-corrected chi connectivity index (χ2v) is 6.47. The number of hydrogen-bond donors (Lipinski definition) is 1. The van der Waals surface area contributed by atoms with Crippen LogP contribution >= 0.6 is 0 Å². The quantitative estimate of drug-likeness (QED) is 0.594. The van der Waals surface area contributed by atoms with E-state index in [-0.39, 0.29) is 0 Å². The minimum absolute atomic E-state index is 0.562. The minimum Gasteiger partial charge on any atom is -0.486 e. The molecule has 0 unspecified atom stereocenters. The third-order valence-electron chi connectivity index (χ3n) is 4.51. The maximum atomic E-state index is 5.71. The van der Waals surface area contributed by atoms with Crippen LogP contribution in [0.5, 0.6) is 11.5 Å². The van der Waals surface area contributed by atoms with Gasteiger partial charge in [0, 0.05) is 35.9 Å². The molecule has 0 radical (unpaired) electrons. The molecule has 4 heterocycles. The molecule has 1 aliphatic heterocycles. The maximum Gasteiger partial charge on any atom is 0.163 e. The standard InChI is InChI=1S/C21H18N4O2/c1-14-4-7-19-24-20(15-3-2-8-22-12-15)21(25(19)13-14)23-16-5-6-17-18(11-16)27-10-9-26-17/h2-8,11-13,23H,9-10H2,1H3. The van der Waals surface area contributed by atoms with Crippen molar-refractivity contribution in [1.82, 2.24) is 14.4 Å². The third kappa shape index (κ3) is 2.85. The summed E-state index contributed by atoms with van der Waals surface area (Å²) in [5, 5.41) is 3.51. The largest absolute Gasteiger partial charge is 0.486 e. The summed E-state index contributed by atoms with van der Waals surface area (Å²) in [6, 6.07) is 13.9. The van der Waals surface area contributed by atoms with Gasteiger partial charge in [-0.15, -0.1) is 0 Å². The topological polar surface area (TPSA) is 60.7 Å². The van der Waals surface area contributed by atoms with E-state index < -0.39 is 0 Å². The zero-order chi connectivity index (χ0) is 18.2. The predicted molar refractivity (Wildman–Crippen MR) is 104 cm³/mol. The van der Waals surface area contributed by atoms with E-state index in [4.69, 9.17) is 14.5 Å². The molecule has 1 aliphatic rings. The molecule has 0 fully saturated rings. The Morgan fingerprint density at radius 1 is 1.04 bits per heavy atom. The molecule has 6 nitrogen and oxygen atoms in total. The summed E-state index contributed by atoms with van der Waals surface area (Å²) < 4.78 is 13.4. The number of benzene rings is 1. The lowest BCUT2D eigenvalue weighted by Gasteiger charge is -2.19. The molecule has 0 spiro atoms. The van der Waals surface area contributed by atoms with Crippen LogP contribution in [0.1, 0.15) is 5.56 Å². The molecule has 3 aromatic heterocycles. The van der Waals surface area contributed by atoms with E-state index in [1.807, 2.05) is 42.6 Å². The molecule has 1 aromatic carbocycles. The van der Waals surface area contributed by atoms with E-state index in [1.165, 1.54) is 0 Å². The van der Waals surface area contributed by atoms with E-state index >= 15 is 0 Å². The molecule has 27 heavy (non-hydrogen) atoms. The Bertz CT molecular complexity index is 1120. The van der Waals surface area contributed by atoms with Crippen molar-refractivity contribution < 1.29 is 9.47 Å². The Balaban J connectivity index is 1.64. The van der Waals surface area contributed by atoms with E-state index in [0.717, 1.165) is 45.5 Å². The van der Waals surface area contributed by atoms with Gasteiger partial charge in [-0.05, 0) is 42.8 Å². The van der Waals surface area contributed by atoms with Gasteiger partial charge in [-0.1, -0.05) is 6.07 Å². The predicted octanol–water partition coefficient (Wildman–Crippen LogP) is 4.22. The summed E-state index contributed by atoms with van der Waals surface area (Å²) in [6.45, 7) is 3.21. The number of ether oxygens (including phenoxy) is 2. The number of aryl methyl sites for hydroxylation is 1. The van der Waals surface area contributed by atoms with E-state index in [0.29, 0.717) is 13.2 Å². The first kappa shape index (κ1) is 15.7. The van der Waals surface area contributed by atoms with Gasteiger partial charge >= 0.3 is 0 Å². The van der Waals surface area contributed by atoms with Crippen LogP contribution in [0.2, 0.25) is 0 Å². The molecule has 4 aromatic rings. The summed E-state index contributed by atoms with van der Waals surface area (Å²) in [5.74, 6) is 2.41. The molecule has 0 saturated carbocycles. The lowest BCUT2D eigenvalue weighted by atomic mass is 10.2. The first-order chi connectivity index (χ1) is 13.3. The van der Waals surface area contributed by atoms with Crippen LogP contribution in [0, 0.1) is 6.92 Å². The van der Waals surface area contributed by atoms with Crippen molar-refractivity contribution >= 4 is 17.2 Å². The van der Waals surface area contributed by atoms with Crippen molar-refractivity contribution in [3.05, 3.63) is 66.6 Å². The van der Waals surface area contributed by atoms with Gasteiger partial charge in [0.15, 0.2) is 11.5 Å². The van der Waals surface area contributed by atoms with Crippen molar-refractivity contribution in [3.63, 3.8) is 0 Å².